The molecule has 2 aliphatic rings. The van der Waals surface area contributed by atoms with Gasteiger partial charge in [-0.2, -0.15) is 13.2 Å². The number of likely N-dealkylation sites (tertiary alicyclic amines) is 1. The number of nitrogens with zero attached hydrogens (tertiary/aromatic N) is 3. The minimum Gasteiger partial charge on any atom is -0.369 e. The summed E-state index contributed by atoms with van der Waals surface area (Å²) in [5.74, 6) is -0.543. The van der Waals surface area contributed by atoms with Gasteiger partial charge in [-0.15, -0.1) is 0 Å². The van der Waals surface area contributed by atoms with Crippen LogP contribution in [-0.4, -0.2) is 61.5 Å². The molecule has 3 aromatic carbocycles. The Hall–Kier alpha value is -3.39. The van der Waals surface area contributed by atoms with Crippen molar-refractivity contribution in [3.8, 4) is 0 Å². The minimum atomic E-state index is -4.42. The first kappa shape index (κ1) is 25.3. The van der Waals surface area contributed by atoms with Crippen molar-refractivity contribution in [2.45, 2.75) is 12.1 Å². The molecule has 0 aliphatic carbocycles. The summed E-state index contributed by atoms with van der Waals surface area (Å²) in [5.41, 5.74) is 1.51. The maximum absolute atomic E-state index is 13.5. The first-order valence-electron chi connectivity index (χ1n) is 12.5. The fraction of sp³-hybridized carbons (Fsp3) is 0.345. The predicted molar refractivity (Wildman–Crippen MR) is 135 cm³/mol. The molecule has 0 aromatic heterocycles. The molecule has 2 heterocycles. The van der Waals surface area contributed by atoms with Gasteiger partial charge in [0.15, 0.2) is 0 Å². The van der Waals surface area contributed by atoms with Crippen LogP contribution in [0.5, 0.6) is 0 Å². The highest BCUT2D eigenvalue weighted by atomic mass is 19.4. The van der Waals surface area contributed by atoms with E-state index in [-0.39, 0.29) is 23.6 Å². The normalized spacial score (nSPS) is 20.9. The molecule has 1 amide bonds. The van der Waals surface area contributed by atoms with Crippen molar-refractivity contribution in [3.05, 3.63) is 101 Å². The van der Waals surface area contributed by atoms with Gasteiger partial charge >= 0.3 is 6.18 Å². The van der Waals surface area contributed by atoms with Crippen LogP contribution < -0.4 is 4.90 Å². The van der Waals surface area contributed by atoms with Crippen LogP contribution in [0, 0.1) is 11.7 Å². The molecule has 2 atom stereocenters. The van der Waals surface area contributed by atoms with Crippen molar-refractivity contribution in [3.63, 3.8) is 0 Å². The molecule has 4 nitrogen and oxygen atoms in total. The van der Waals surface area contributed by atoms with Gasteiger partial charge in [-0.3, -0.25) is 9.69 Å². The summed E-state index contributed by atoms with van der Waals surface area (Å²) in [7, 11) is 0. The molecular weight excluding hydrogens is 482 g/mol. The quantitative estimate of drug-likeness (QED) is 0.422. The Balaban J connectivity index is 1.32. The fourth-order valence-electron chi connectivity index (χ4n) is 5.48. The number of carbonyl (C=O) groups is 1. The molecule has 2 aliphatic heterocycles. The Morgan fingerprint density at radius 1 is 0.838 bits per heavy atom. The van der Waals surface area contributed by atoms with Crippen molar-refractivity contribution in [2.24, 2.45) is 5.92 Å². The Morgan fingerprint density at radius 3 is 2.22 bits per heavy atom. The van der Waals surface area contributed by atoms with Gasteiger partial charge < -0.3 is 9.80 Å². The fourth-order valence-corrected chi connectivity index (χ4v) is 5.48. The number of piperazine rings is 1. The molecule has 0 saturated carbocycles. The number of hydrogen-bond acceptors (Lipinski definition) is 3. The average molecular weight is 512 g/mol. The Labute approximate surface area is 214 Å². The van der Waals surface area contributed by atoms with Crippen molar-refractivity contribution < 1.29 is 22.4 Å². The maximum Gasteiger partial charge on any atom is 0.416 e. The van der Waals surface area contributed by atoms with Crippen LogP contribution in [0.1, 0.15) is 27.4 Å². The van der Waals surface area contributed by atoms with Crippen molar-refractivity contribution in [2.75, 3.05) is 50.7 Å². The van der Waals surface area contributed by atoms with Crippen molar-refractivity contribution in [1.82, 2.24) is 9.80 Å². The number of benzene rings is 3. The number of carbonyl (C=O) groups excluding carboxylic acids is 1. The monoisotopic (exact) mass is 511 g/mol. The average Bonchev–Trinajstić information content (AvgIpc) is 3.33. The summed E-state index contributed by atoms with van der Waals surface area (Å²) in [4.78, 5) is 19.5. The molecule has 37 heavy (non-hydrogen) atoms. The van der Waals surface area contributed by atoms with Gasteiger partial charge in [0.1, 0.15) is 5.82 Å². The number of hydrogen-bond donors (Lipinski definition) is 0. The Kier molecular flexibility index (Phi) is 7.20. The number of anilines is 1. The molecular formula is C29H29F4N3O. The molecule has 8 heteroatoms. The molecule has 2 fully saturated rings. The second-order valence-corrected chi connectivity index (χ2v) is 9.83. The second kappa shape index (κ2) is 10.5. The highest BCUT2D eigenvalue weighted by molar-refractivity contribution is 5.94. The van der Waals surface area contributed by atoms with E-state index in [1.807, 2.05) is 18.2 Å². The van der Waals surface area contributed by atoms with Crippen LogP contribution in [0.15, 0.2) is 78.9 Å². The lowest BCUT2D eigenvalue weighted by Crippen LogP contribution is -2.48. The lowest BCUT2D eigenvalue weighted by molar-refractivity contribution is -0.137. The van der Waals surface area contributed by atoms with E-state index in [4.69, 9.17) is 0 Å². The van der Waals surface area contributed by atoms with Crippen molar-refractivity contribution in [1.29, 1.82) is 0 Å². The van der Waals surface area contributed by atoms with Gasteiger partial charge in [0, 0.05) is 63.0 Å². The number of rotatable bonds is 5. The van der Waals surface area contributed by atoms with Gasteiger partial charge in [-0.1, -0.05) is 36.4 Å². The Morgan fingerprint density at radius 2 is 1.54 bits per heavy atom. The maximum atomic E-state index is 13.5. The number of amides is 1. The van der Waals surface area contributed by atoms with E-state index in [0.29, 0.717) is 30.8 Å². The first-order chi connectivity index (χ1) is 17.8. The summed E-state index contributed by atoms with van der Waals surface area (Å²) >= 11 is 0. The molecule has 0 spiro atoms. The van der Waals surface area contributed by atoms with E-state index in [1.54, 1.807) is 35.2 Å². The van der Waals surface area contributed by atoms with Crippen LogP contribution >= 0.6 is 0 Å². The van der Waals surface area contributed by atoms with E-state index in [1.165, 1.54) is 24.3 Å². The molecule has 2 unspecified atom stereocenters. The predicted octanol–water partition coefficient (Wildman–Crippen LogP) is 5.52. The van der Waals surface area contributed by atoms with Crippen molar-refractivity contribution >= 4 is 11.6 Å². The van der Waals surface area contributed by atoms with Gasteiger partial charge in [-0.05, 0) is 53.9 Å². The highest BCUT2D eigenvalue weighted by Crippen LogP contribution is 2.37. The van der Waals surface area contributed by atoms with E-state index < -0.39 is 11.7 Å². The van der Waals surface area contributed by atoms with Gasteiger partial charge in [-0.25, -0.2) is 4.39 Å². The third-order valence-electron chi connectivity index (χ3n) is 7.45. The molecule has 2 saturated heterocycles. The van der Waals surface area contributed by atoms with E-state index in [0.717, 1.165) is 37.9 Å². The third-order valence-corrected chi connectivity index (χ3v) is 7.45. The van der Waals surface area contributed by atoms with Crippen LogP contribution in [0.4, 0.5) is 23.2 Å². The second-order valence-electron chi connectivity index (χ2n) is 9.83. The zero-order valence-electron chi connectivity index (χ0n) is 20.4. The summed E-state index contributed by atoms with van der Waals surface area (Å²) in [6, 6.07) is 21.0. The summed E-state index contributed by atoms with van der Waals surface area (Å²) in [6.07, 6.45) is -4.42. The summed E-state index contributed by atoms with van der Waals surface area (Å²) < 4.78 is 53.6. The topological polar surface area (TPSA) is 26.8 Å². The van der Waals surface area contributed by atoms with E-state index in [2.05, 4.69) is 9.80 Å². The summed E-state index contributed by atoms with van der Waals surface area (Å²) in [5, 5.41) is 0. The molecule has 5 rings (SSSR count). The lowest BCUT2D eigenvalue weighted by Gasteiger charge is -2.38. The van der Waals surface area contributed by atoms with Crippen LogP contribution in [0.3, 0.4) is 0 Å². The zero-order chi connectivity index (χ0) is 26.0. The Bertz CT molecular complexity index is 1210. The van der Waals surface area contributed by atoms with Gasteiger partial charge in [0.2, 0.25) is 0 Å². The SMILES string of the molecule is O=C(c1ccccc1)N1CC(CN2CCN(c3ccc(F)cc3)CC2)C(c2cccc(C(F)(F)F)c2)C1. The van der Waals surface area contributed by atoms with Gasteiger partial charge in [0.25, 0.3) is 5.91 Å². The van der Waals surface area contributed by atoms with Gasteiger partial charge in [0.05, 0.1) is 5.56 Å². The first-order valence-corrected chi connectivity index (χ1v) is 12.5. The zero-order valence-corrected chi connectivity index (χ0v) is 20.4. The molecule has 3 aromatic rings. The van der Waals surface area contributed by atoms with Crippen LogP contribution in [0.25, 0.3) is 0 Å². The molecule has 0 radical (unpaired) electrons. The molecule has 0 N–H and O–H groups in total. The smallest absolute Gasteiger partial charge is 0.369 e. The molecule has 0 bridgehead atoms. The van der Waals surface area contributed by atoms with E-state index in [9.17, 15) is 22.4 Å². The number of alkyl halides is 3. The van der Waals surface area contributed by atoms with Crippen LogP contribution in [-0.2, 0) is 6.18 Å². The highest BCUT2D eigenvalue weighted by Gasteiger charge is 2.39. The lowest BCUT2D eigenvalue weighted by atomic mass is 9.87. The third kappa shape index (κ3) is 5.80. The molecule has 194 valence electrons. The van der Waals surface area contributed by atoms with E-state index >= 15 is 0 Å². The standard InChI is InChI=1S/C29H29F4N3O/c30-25-9-11-26(12-10-25)35-15-13-34(14-16-35)18-23-19-36(28(37)21-5-2-1-3-6-21)20-27(23)22-7-4-8-24(17-22)29(31,32)33/h1-12,17,23,27H,13-16,18-20H2. The minimum absolute atomic E-state index is 0.00789. The number of halogens is 4. The van der Waals surface area contributed by atoms with Crippen LogP contribution in [0.2, 0.25) is 0 Å². The largest absolute Gasteiger partial charge is 0.416 e. The summed E-state index contributed by atoms with van der Waals surface area (Å²) in [6.45, 7) is 4.70.